The van der Waals surface area contributed by atoms with Crippen molar-refractivity contribution in [3.8, 4) is 0 Å². The molecule has 8 heteroatoms. The standard InChI is InChI=1S/C16H26N2O3S3/c1-16(2,3)23-10-9-17-15(19)12-18(24(5,20)21)13-7-6-8-14(11-13)22-4/h6-8,11H,9-10,12H2,1-5H3,(H,17,19). The minimum absolute atomic E-state index is 0.141. The normalized spacial score (nSPS) is 12.0. The van der Waals surface area contributed by atoms with E-state index >= 15 is 0 Å². The van der Waals surface area contributed by atoms with Crippen LogP contribution in [0.4, 0.5) is 5.69 Å². The van der Waals surface area contributed by atoms with Gasteiger partial charge in [0.15, 0.2) is 0 Å². The molecule has 0 atom stereocenters. The van der Waals surface area contributed by atoms with Crippen LogP contribution in [0.3, 0.4) is 0 Å². The van der Waals surface area contributed by atoms with Crippen molar-refractivity contribution >= 4 is 45.1 Å². The van der Waals surface area contributed by atoms with E-state index in [1.165, 1.54) is 11.8 Å². The lowest BCUT2D eigenvalue weighted by Gasteiger charge is -2.22. The molecule has 1 amide bonds. The maximum atomic E-state index is 12.1. The molecule has 1 N–H and O–H groups in total. The third kappa shape index (κ3) is 7.81. The van der Waals surface area contributed by atoms with Gasteiger partial charge in [0.05, 0.1) is 11.9 Å². The molecule has 0 fully saturated rings. The first-order valence-corrected chi connectivity index (χ1v) is 11.6. The summed E-state index contributed by atoms with van der Waals surface area (Å²) in [6.45, 7) is 6.65. The number of hydrogen-bond donors (Lipinski definition) is 1. The maximum absolute atomic E-state index is 12.1. The van der Waals surface area contributed by atoms with Crippen LogP contribution in [0.5, 0.6) is 0 Å². The zero-order valence-electron chi connectivity index (χ0n) is 14.8. The number of benzene rings is 1. The minimum Gasteiger partial charge on any atom is -0.354 e. The monoisotopic (exact) mass is 390 g/mol. The molecule has 0 heterocycles. The van der Waals surface area contributed by atoms with Crippen molar-refractivity contribution in [2.45, 2.75) is 30.4 Å². The highest BCUT2D eigenvalue weighted by Crippen LogP contribution is 2.24. The van der Waals surface area contributed by atoms with Gasteiger partial charge in [-0.25, -0.2) is 8.42 Å². The number of carbonyl (C=O) groups excluding carboxylic acids is 1. The first kappa shape index (κ1) is 21.2. The van der Waals surface area contributed by atoms with E-state index in [-0.39, 0.29) is 17.2 Å². The number of amides is 1. The van der Waals surface area contributed by atoms with Crippen molar-refractivity contribution in [1.82, 2.24) is 5.32 Å². The zero-order chi connectivity index (χ0) is 18.4. The Kier molecular flexibility index (Phi) is 7.95. The van der Waals surface area contributed by atoms with Gasteiger partial charge in [-0.2, -0.15) is 11.8 Å². The number of sulfonamides is 1. The highest BCUT2D eigenvalue weighted by molar-refractivity contribution is 8.00. The molecule has 0 bridgehead atoms. The van der Waals surface area contributed by atoms with Crippen molar-refractivity contribution in [1.29, 1.82) is 0 Å². The fourth-order valence-electron chi connectivity index (χ4n) is 1.90. The van der Waals surface area contributed by atoms with Crippen LogP contribution in [-0.2, 0) is 14.8 Å². The Morgan fingerprint density at radius 1 is 1.29 bits per heavy atom. The Labute approximate surface area is 154 Å². The summed E-state index contributed by atoms with van der Waals surface area (Å²) >= 11 is 3.28. The summed E-state index contributed by atoms with van der Waals surface area (Å²) in [6, 6.07) is 7.16. The van der Waals surface area contributed by atoms with Gasteiger partial charge < -0.3 is 5.32 Å². The molecular formula is C16H26N2O3S3. The molecule has 0 aliphatic carbocycles. The summed E-state index contributed by atoms with van der Waals surface area (Å²) in [6.07, 6.45) is 3.03. The SMILES string of the molecule is CSc1cccc(N(CC(=O)NCCSC(C)(C)C)S(C)(=O)=O)c1. The van der Waals surface area contributed by atoms with E-state index in [1.54, 1.807) is 30.0 Å². The van der Waals surface area contributed by atoms with Gasteiger partial charge in [-0.3, -0.25) is 9.10 Å². The summed E-state index contributed by atoms with van der Waals surface area (Å²) in [5, 5.41) is 2.79. The van der Waals surface area contributed by atoms with Gasteiger partial charge in [-0.05, 0) is 24.5 Å². The fraction of sp³-hybridized carbons (Fsp3) is 0.562. The van der Waals surface area contributed by atoms with E-state index in [0.29, 0.717) is 12.2 Å². The van der Waals surface area contributed by atoms with Crippen molar-refractivity contribution in [2.75, 3.05) is 35.7 Å². The van der Waals surface area contributed by atoms with Gasteiger partial charge in [0.2, 0.25) is 15.9 Å². The molecule has 0 aliphatic heterocycles. The predicted octanol–water partition coefficient (Wildman–Crippen LogP) is 2.82. The molecule has 1 aromatic rings. The Balaban J connectivity index is 2.72. The third-order valence-corrected chi connectivity index (χ3v) is 6.13. The highest BCUT2D eigenvalue weighted by atomic mass is 32.2. The van der Waals surface area contributed by atoms with Crippen LogP contribution >= 0.6 is 23.5 Å². The number of rotatable bonds is 8. The molecule has 0 spiro atoms. The van der Waals surface area contributed by atoms with Gasteiger partial charge in [0, 0.05) is 21.9 Å². The summed E-state index contributed by atoms with van der Waals surface area (Å²) in [4.78, 5) is 13.1. The van der Waals surface area contributed by atoms with Crippen LogP contribution in [-0.4, -0.2) is 50.4 Å². The molecular weight excluding hydrogens is 364 g/mol. The summed E-state index contributed by atoms with van der Waals surface area (Å²) in [5.41, 5.74) is 0.503. The number of nitrogens with zero attached hydrogens (tertiary/aromatic N) is 1. The third-order valence-electron chi connectivity index (χ3n) is 2.99. The molecule has 24 heavy (non-hydrogen) atoms. The minimum atomic E-state index is -3.53. The van der Waals surface area contributed by atoms with E-state index in [1.807, 2.05) is 12.3 Å². The summed E-state index contributed by atoms with van der Waals surface area (Å²) < 4.78 is 25.4. The first-order valence-electron chi connectivity index (χ1n) is 7.55. The molecule has 0 aromatic heterocycles. The average molecular weight is 391 g/mol. The second kappa shape index (κ2) is 9.01. The van der Waals surface area contributed by atoms with Gasteiger partial charge in [0.25, 0.3) is 0 Å². The van der Waals surface area contributed by atoms with Crippen molar-refractivity contribution in [2.24, 2.45) is 0 Å². The summed E-state index contributed by atoms with van der Waals surface area (Å²) in [7, 11) is -3.53. The second-order valence-corrected chi connectivity index (χ2v) is 11.0. The first-order chi connectivity index (χ1) is 11.0. The van der Waals surface area contributed by atoms with Crippen molar-refractivity contribution < 1.29 is 13.2 Å². The molecule has 1 aromatic carbocycles. The average Bonchev–Trinajstić information content (AvgIpc) is 2.47. The molecule has 0 unspecified atom stereocenters. The number of nitrogens with one attached hydrogen (secondary N) is 1. The molecule has 136 valence electrons. The molecule has 0 saturated heterocycles. The Morgan fingerprint density at radius 2 is 1.96 bits per heavy atom. The van der Waals surface area contributed by atoms with E-state index in [0.717, 1.165) is 21.2 Å². The quantitative estimate of drug-likeness (QED) is 0.546. The lowest BCUT2D eigenvalue weighted by atomic mass is 10.3. The molecule has 5 nitrogen and oxygen atoms in total. The molecule has 0 radical (unpaired) electrons. The van der Waals surface area contributed by atoms with E-state index in [9.17, 15) is 13.2 Å². The molecule has 1 rings (SSSR count). The van der Waals surface area contributed by atoms with Gasteiger partial charge >= 0.3 is 0 Å². The smallest absolute Gasteiger partial charge is 0.240 e. The van der Waals surface area contributed by atoms with Crippen molar-refractivity contribution in [3.05, 3.63) is 24.3 Å². The number of thioether (sulfide) groups is 2. The molecule has 0 saturated carbocycles. The second-order valence-electron chi connectivity index (χ2n) is 6.28. The van der Waals surface area contributed by atoms with Crippen LogP contribution in [0.2, 0.25) is 0 Å². The van der Waals surface area contributed by atoms with Crippen LogP contribution in [0, 0.1) is 0 Å². The lowest BCUT2D eigenvalue weighted by Crippen LogP contribution is -2.41. The largest absolute Gasteiger partial charge is 0.354 e. The Bertz CT molecular complexity index is 655. The van der Waals surface area contributed by atoms with E-state index < -0.39 is 10.0 Å². The van der Waals surface area contributed by atoms with E-state index in [4.69, 9.17) is 0 Å². The summed E-state index contributed by atoms with van der Waals surface area (Å²) in [5.74, 6) is 0.486. The lowest BCUT2D eigenvalue weighted by molar-refractivity contribution is -0.119. The van der Waals surface area contributed by atoms with Gasteiger partial charge in [-0.1, -0.05) is 26.8 Å². The Hall–Kier alpha value is -0.860. The van der Waals surface area contributed by atoms with Crippen LogP contribution < -0.4 is 9.62 Å². The maximum Gasteiger partial charge on any atom is 0.240 e. The highest BCUT2D eigenvalue weighted by Gasteiger charge is 2.21. The van der Waals surface area contributed by atoms with Crippen LogP contribution in [0.15, 0.2) is 29.2 Å². The van der Waals surface area contributed by atoms with Gasteiger partial charge in [0.1, 0.15) is 6.54 Å². The number of anilines is 1. The topological polar surface area (TPSA) is 66.5 Å². The van der Waals surface area contributed by atoms with Gasteiger partial charge in [-0.15, -0.1) is 11.8 Å². The van der Waals surface area contributed by atoms with Crippen molar-refractivity contribution in [3.63, 3.8) is 0 Å². The van der Waals surface area contributed by atoms with Crippen LogP contribution in [0.25, 0.3) is 0 Å². The van der Waals surface area contributed by atoms with Crippen LogP contribution in [0.1, 0.15) is 20.8 Å². The predicted molar refractivity (Wildman–Crippen MR) is 106 cm³/mol. The number of carbonyl (C=O) groups is 1. The fourth-order valence-corrected chi connectivity index (χ4v) is 4.02. The number of hydrogen-bond acceptors (Lipinski definition) is 5. The zero-order valence-corrected chi connectivity index (χ0v) is 17.3. The van der Waals surface area contributed by atoms with E-state index in [2.05, 4.69) is 26.1 Å². The Morgan fingerprint density at radius 3 is 2.50 bits per heavy atom. The molecule has 0 aliphatic rings.